The molecule has 0 aliphatic heterocycles. The summed E-state index contributed by atoms with van der Waals surface area (Å²) in [5, 5.41) is 17.1. The number of aliphatic hydroxyl groups excluding tert-OH is 1. The molecule has 0 aliphatic carbocycles. The normalized spacial score (nSPS) is 10.6. The highest BCUT2D eigenvalue weighted by atomic mass is 16.4. The van der Waals surface area contributed by atoms with Crippen LogP contribution in [0.3, 0.4) is 0 Å². The van der Waals surface area contributed by atoms with Gasteiger partial charge in [-0.15, -0.1) is 10.2 Å². The highest BCUT2D eigenvalue weighted by molar-refractivity contribution is 5.95. The zero-order valence-corrected chi connectivity index (χ0v) is 13.9. The number of aromatic nitrogens is 2. The molecule has 3 aromatic rings. The summed E-state index contributed by atoms with van der Waals surface area (Å²) in [7, 11) is 0. The summed E-state index contributed by atoms with van der Waals surface area (Å²) in [6, 6.07) is 16.8. The number of carbonyl (C=O) groups excluding carboxylic acids is 1. The summed E-state index contributed by atoms with van der Waals surface area (Å²) in [5.41, 5.74) is 2.21. The van der Waals surface area contributed by atoms with E-state index in [2.05, 4.69) is 10.2 Å². The van der Waals surface area contributed by atoms with Crippen molar-refractivity contribution in [2.45, 2.75) is 13.5 Å². The number of carbonyl (C=O) groups is 1. The fraction of sp³-hybridized carbons (Fsp3) is 0.211. The van der Waals surface area contributed by atoms with Crippen LogP contribution in [0.1, 0.15) is 21.8 Å². The van der Waals surface area contributed by atoms with Gasteiger partial charge in [-0.1, -0.05) is 36.4 Å². The summed E-state index contributed by atoms with van der Waals surface area (Å²) in [6.45, 7) is 2.32. The van der Waals surface area contributed by atoms with Crippen LogP contribution in [0.4, 0.5) is 0 Å². The molecule has 1 aromatic heterocycles. The van der Waals surface area contributed by atoms with Crippen molar-refractivity contribution in [1.29, 1.82) is 0 Å². The van der Waals surface area contributed by atoms with Gasteiger partial charge in [0, 0.05) is 31.1 Å². The number of hydrogen-bond donors (Lipinski definition) is 1. The lowest BCUT2D eigenvalue weighted by atomic mass is 10.1. The average molecular weight is 337 g/mol. The molecule has 0 fully saturated rings. The standard InChI is InChI=1S/C19H19N3O3/c1-14-20-21-18(25-14)16-8-5-9-17(12-16)19(24)22(10-11-23)13-15-6-3-2-4-7-15/h2-9,12,23H,10-11,13H2,1H3. The average Bonchev–Trinajstić information content (AvgIpc) is 3.08. The van der Waals surface area contributed by atoms with Crippen molar-refractivity contribution in [2.75, 3.05) is 13.2 Å². The van der Waals surface area contributed by atoms with Crippen LogP contribution in [0.2, 0.25) is 0 Å². The molecule has 1 amide bonds. The minimum Gasteiger partial charge on any atom is -0.421 e. The molecule has 1 N–H and O–H groups in total. The third-order valence-corrected chi connectivity index (χ3v) is 3.76. The van der Waals surface area contributed by atoms with Gasteiger partial charge < -0.3 is 14.4 Å². The second-order valence-electron chi connectivity index (χ2n) is 5.64. The molecule has 0 bridgehead atoms. The quantitative estimate of drug-likeness (QED) is 0.748. The predicted octanol–water partition coefficient (Wildman–Crippen LogP) is 2.68. The van der Waals surface area contributed by atoms with Crippen LogP contribution in [0, 0.1) is 6.92 Å². The molecule has 0 spiro atoms. The van der Waals surface area contributed by atoms with Crippen LogP contribution in [0.5, 0.6) is 0 Å². The van der Waals surface area contributed by atoms with E-state index in [1.807, 2.05) is 36.4 Å². The Morgan fingerprint density at radius 3 is 2.60 bits per heavy atom. The van der Waals surface area contributed by atoms with E-state index in [0.717, 1.165) is 5.56 Å². The first-order valence-electron chi connectivity index (χ1n) is 8.02. The lowest BCUT2D eigenvalue weighted by Gasteiger charge is -2.22. The van der Waals surface area contributed by atoms with Gasteiger partial charge in [0.2, 0.25) is 11.8 Å². The number of aryl methyl sites for hydroxylation is 1. The topological polar surface area (TPSA) is 79.5 Å². The van der Waals surface area contributed by atoms with Gasteiger partial charge in [0.15, 0.2) is 0 Å². The predicted molar refractivity (Wildman–Crippen MR) is 92.7 cm³/mol. The van der Waals surface area contributed by atoms with E-state index in [0.29, 0.717) is 29.5 Å². The summed E-state index contributed by atoms with van der Waals surface area (Å²) >= 11 is 0. The van der Waals surface area contributed by atoms with E-state index in [9.17, 15) is 9.90 Å². The van der Waals surface area contributed by atoms with Gasteiger partial charge in [0.05, 0.1) is 6.61 Å². The van der Waals surface area contributed by atoms with Crippen molar-refractivity contribution in [3.05, 3.63) is 71.6 Å². The van der Waals surface area contributed by atoms with Crippen molar-refractivity contribution in [3.8, 4) is 11.5 Å². The smallest absolute Gasteiger partial charge is 0.254 e. The van der Waals surface area contributed by atoms with Crippen molar-refractivity contribution in [3.63, 3.8) is 0 Å². The van der Waals surface area contributed by atoms with E-state index in [1.54, 1.807) is 30.0 Å². The SMILES string of the molecule is Cc1nnc(-c2cccc(C(=O)N(CCO)Cc3ccccc3)c2)o1. The van der Waals surface area contributed by atoms with Crippen molar-refractivity contribution in [1.82, 2.24) is 15.1 Å². The van der Waals surface area contributed by atoms with Gasteiger partial charge in [-0.2, -0.15) is 0 Å². The monoisotopic (exact) mass is 337 g/mol. The van der Waals surface area contributed by atoms with Gasteiger partial charge in [-0.3, -0.25) is 4.79 Å². The van der Waals surface area contributed by atoms with Crippen LogP contribution in [0.15, 0.2) is 59.0 Å². The number of nitrogens with zero attached hydrogens (tertiary/aromatic N) is 3. The first-order valence-corrected chi connectivity index (χ1v) is 8.02. The number of rotatable bonds is 6. The molecule has 6 heteroatoms. The molecule has 2 aromatic carbocycles. The molecule has 1 heterocycles. The molecular formula is C19H19N3O3. The number of aliphatic hydroxyl groups is 1. The largest absolute Gasteiger partial charge is 0.421 e. The molecular weight excluding hydrogens is 318 g/mol. The maximum absolute atomic E-state index is 12.9. The Bertz CT molecular complexity index is 846. The van der Waals surface area contributed by atoms with Crippen molar-refractivity contribution < 1.29 is 14.3 Å². The number of amides is 1. The fourth-order valence-electron chi connectivity index (χ4n) is 2.56. The summed E-state index contributed by atoms with van der Waals surface area (Å²) in [4.78, 5) is 14.5. The Hall–Kier alpha value is -2.99. The first-order chi connectivity index (χ1) is 12.2. The van der Waals surface area contributed by atoms with Gasteiger partial charge in [-0.25, -0.2) is 0 Å². The molecule has 3 rings (SSSR count). The van der Waals surface area contributed by atoms with E-state index in [1.165, 1.54) is 0 Å². The third kappa shape index (κ3) is 4.10. The van der Waals surface area contributed by atoms with Crippen LogP contribution in [-0.2, 0) is 6.54 Å². The molecule has 0 aliphatic rings. The Balaban J connectivity index is 1.84. The molecule has 25 heavy (non-hydrogen) atoms. The van der Waals surface area contributed by atoms with Gasteiger partial charge >= 0.3 is 0 Å². The zero-order chi connectivity index (χ0) is 17.6. The van der Waals surface area contributed by atoms with Crippen LogP contribution < -0.4 is 0 Å². The second-order valence-corrected chi connectivity index (χ2v) is 5.64. The Labute approximate surface area is 145 Å². The third-order valence-electron chi connectivity index (χ3n) is 3.76. The maximum atomic E-state index is 12.9. The summed E-state index contributed by atoms with van der Waals surface area (Å²) in [5.74, 6) is 0.692. The minimum atomic E-state index is -0.156. The fourth-order valence-corrected chi connectivity index (χ4v) is 2.56. The van der Waals surface area contributed by atoms with Gasteiger partial charge in [0.25, 0.3) is 5.91 Å². The Morgan fingerprint density at radius 1 is 1.12 bits per heavy atom. The van der Waals surface area contributed by atoms with Crippen LogP contribution in [-0.4, -0.2) is 39.3 Å². The minimum absolute atomic E-state index is 0.0961. The van der Waals surface area contributed by atoms with E-state index in [4.69, 9.17) is 4.42 Å². The molecule has 0 atom stereocenters. The van der Waals surface area contributed by atoms with Crippen molar-refractivity contribution >= 4 is 5.91 Å². The van der Waals surface area contributed by atoms with Crippen LogP contribution >= 0.6 is 0 Å². The summed E-state index contributed by atoms with van der Waals surface area (Å²) in [6.07, 6.45) is 0. The molecule has 0 saturated heterocycles. The second kappa shape index (κ2) is 7.72. The molecule has 128 valence electrons. The van der Waals surface area contributed by atoms with Crippen molar-refractivity contribution in [2.24, 2.45) is 0 Å². The Morgan fingerprint density at radius 2 is 1.92 bits per heavy atom. The van der Waals surface area contributed by atoms with Gasteiger partial charge in [-0.05, 0) is 23.8 Å². The van der Waals surface area contributed by atoms with E-state index < -0.39 is 0 Å². The highest BCUT2D eigenvalue weighted by Crippen LogP contribution is 2.20. The number of hydrogen-bond acceptors (Lipinski definition) is 5. The lowest BCUT2D eigenvalue weighted by molar-refractivity contribution is 0.0708. The van der Waals surface area contributed by atoms with E-state index in [-0.39, 0.29) is 19.1 Å². The Kier molecular flexibility index (Phi) is 5.20. The zero-order valence-electron chi connectivity index (χ0n) is 13.9. The van der Waals surface area contributed by atoms with Gasteiger partial charge in [0.1, 0.15) is 0 Å². The summed E-state index contributed by atoms with van der Waals surface area (Å²) < 4.78 is 5.42. The highest BCUT2D eigenvalue weighted by Gasteiger charge is 2.17. The molecule has 0 radical (unpaired) electrons. The number of benzene rings is 2. The lowest BCUT2D eigenvalue weighted by Crippen LogP contribution is -2.33. The first kappa shape index (κ1) is 16.9. The van der Waals surface area contributed by atoms with Crippen LogP contribution in [0.25, 0.3) is 11.5 Å². The molecule has 0 saturated carbocycles. The molecule has 0 unspecified atom stereocenters. The maximum Gasteiger partial charge on any atom is 0.254 e. The van der Waals surface area contributed by atoms with E-state index >= 15 is 0 Å². The molecule has 6 nitrogen and oxygen atoms in total.